The zero-order valence-electron chi connectivity index (χ0n) is 9.39. The molecular formula is C11H11BrN2O4. The van der Waals surface area contributed by atoms with Crippen LogP contribution < -0.4 is 10.1 Å². The van der Waals surface area contributed by atoms with Crippen LogP contribution in [-0.4, -0.2) is 23.5 Å². The van der Waals surface area contributed by atoms with Gasteiger partial charge in [-0.15, -0.1) is 0 Å². The Kier molecular flexibility index (Phi) is 3.81. The Morgan fingerprint density at radius 3 is 2.89 bits per heavy atom. The smallest absolute Gasteiger partial charge is 0.273 e. The first-order valence-electron chi connectivity index (χ1n) is 5.42. The van der Waals surface area contributed by atoms with Crippen molar-refractivity contribution in [2.75, 3.05) is 6.61 Å². The number of rotatable bonds is 5. The second kappa shape index (κ2) is 5.34. The van der Waals surface area contributed by atoms with E-state index in [0.29, 0.717) is 4.47 Å². The first-order chi connectivity index (χ1) is 8.56. The number of ether oxygens (including phenoxy) is 1. The van der Waals surface area contributed by atoms with Crippen molar-refractivity contribution >= 4 is 27.5 Å². The summed E-state index contributed by atoms with van der Waals surface area (Å²) in [6.45, 7) is -0.143. The van der Waals surface area contributed by atoms with Gasteiger partial charge in [-0.2, -0.15) is 0 Å². The summed E-state index contributed by atoms with van der Waals surface area (Å²) in [4.78, 5) is 21.5. The topological polar surface area (TPSA) is 81.5 Å². The van der Waals surface area contributed by atoms with Gasteiger partial charge in [0.05, 0.1) is 15.5 Å². The predicted octanol–water partition coefficient (Wildman–Crippen LogP) is 2.01. The molecule has 1 aliphatic carbocycles. The number of nitrogens with zero attached hydrogens (tertiary/aromatic N) is 1. The van der Waals surface area contributed by atoms with E-state index in [9.17, 15) is 14.9 Å². The Bertz CT molecular complexity index is 488. The maximum absolute atomic E-state index is 11.4. The average Bonchev–Trinajstić information content (AvgIpc) is 3.11. The third-order valence-corrected chi connectivity index (χ3v) is 3.08. The highest BCUT2D eigenvalue weighted by atomic mass is 79.9. The molecule has 1 fully saturated rings. The number of nitro groups is 1. The molecule has 6 nitrogen and oxygen atoms in total. The molecule has 0 unspecified atom stereocenters. The minimum absolute atomic E-state index is 0.0733. The predicted molar refractivity (Wildman–Crippen MR) is 67.5 cm³/mol. The van der Waals surface area contributed by atoms with Crippen LogP contribution in [0.15, 0.2) is 22.7 Å². The Labute approximate surface area is 112 Å². The Morgan fingerprint density at radius 1 is 1.56 bits per heavy atom. The molecule has 0 saturated heterocycles. The van der Waals surface area contributed by atoms with Crippen molar-refractivity contribution in [3.05, 3.63) is 32.8 Å². The highest BCUT2D eigenvalue weighted by Gasteiger charge is 2.23. The van der Waals surface area contributed by atoms with E-state index >= 15 is 0 Å². The Morgan fingerprint density at radius 2 is 2.28 bits per heavy atom. The molecule has 2 rings (SSSR count). The van der Waals surface area contributed by atoms with Crippen molar-refractivity contribution in [3.8, 4) is 5.75 Å². The van der Waals surface area contributed by atoms with Gasteiger partial charge in [-0.1, -0.05) is 0 Å². The van der Waals surface area contributed by atoms with E-state index in [4.69, 9.17) is 4.74 Å². The van der Waals surface area contributed by atoms with Gasteiger partial charge in [-0.25, -0.2) is 0 Å². The molecule has 1 N–H and O–H groups in total. The SMILES string of the molecule is O=C(COc1cc([N+](=O)[O-])ccc1Br)NC1CC1. The van der Waals surface area contributed by atoms with E-state index < -0.39 is 4.92 Å². The molecule has 1 aromatic carbocycles. The minimum Gasteiger partial charge on any atom is -0.482 e. The number of carbonyl (C=O) groups excluding carboxylic acids is 1. The van der Waals surface area contributed by atoms with Gasteiger partial charge in [0.15, 0.2) is 6.61 Å². The number of halogens is 1. The van der Waals surface area contributed by atoms with Crippen LogP contribution in [0.4, 0.5) is 5.69 Å². The van der Waals surface area contributed by atoms with E-state index in [1.54, 1.807) is 0 Å². The van der Waals surface area contributed by atoms with Crippen molar-refractivity contribution < 1.29 is 14.5 Å². The summed E-state index contributed by atoms with van der Waals surface area (Å²) < 4.78 is 5.83. The largest absolute Gasteiger partial charge is 0.482 e. The number of non-ortho nitro benzene ring substituents is 1. The molecule has 7 heteroatoms. The molecule has 0 aromatic heterocycles. The number of benzene rings is 1. The molecule has 0 aliphatic heterocycles. The molecule has 0 radical (unpaired) electrons. The van der Waals surface area contributed by atoms with Crippen LogP contribution in [0.25, 0.3) is 0 Å². The summed E-state index contributed by atoms with van der Waals surface area (Å²) in [6, 6.07) is 4.44. The lowest BCUT2D eigenvalue weighted by Gasteiger charge is -2.08. The van der Waals surface area contributed by atoms with Crippen molar-refractivity contribution in [1.29, 1.82) is 0 Å². The molecule has 0 atom stereocenters. The van der Waals surface area contributed by atoms with Crippen molar-refractivity contribution in [1.82, 2.24) is 5.32 Å². The number of carbonyl (C=O) groups is 1. The van der Waals surface area contributed by atoms with Crippen molar-refractivity contribution in [3.63, 3.8) is 0 Å². The molecule has 1 aromatic rings. The minimum atomic E-state index is -0.510. The lowest BCUT2D eigenvalue weighted by atomic mass is 10.3. The molecule has 0 bridgehead atoms. The van der Waals surface area contributed by atoms with Gasteiger partial charge in [-0.05, 0) is 34.8 Å². The van der Waals surface area contributed by atoms with Crippen LogP contribution >= 0.6 is 15.9 Å². The molecule has 96 valence electrons. The van der Waals surface area contributed by atoms with Crippen molar-refractivity contribution in [2.24, 2.45) is 0 Å². The number of nitro benzene ring substituents is 1. The van der Waals surface area contributed by atoms with Crippen LogP contribution in [-0.2, 0) is 4.79 Å². The van der Waals surface area contributed by atoms with E-state index in [2.05, 4.69) is 21.2 Å². The fourth-order valence-electron chi connectivity index (χ4n) is 1.36. The van der Waals surface area contributed by atoms with Gasteiger partial charge in [0.25, 0.3) is 11.6 Å². The molecular weight excluding hydrogens is 304 g/mol. The number of hydrogen-bond acceptors (Lipinski definition) is 4. The summed E-state index contributed by atoms with van der Waals surface area (Å²) in [5.74, 6) is 0.0750. The second-order valence-electron chi connectivity index (χ2n) is 4.00. The van der Waals surface area contributed by atoms with Gasteiger partial charge in [0.1, 0.15) is 5.75 Å². The van der Waals surface area contributed by atoms with Gasteiger partial charge < -0.3 is 10.1 Å². The highest BCUT2D eigenvalue weighted by Crippen LogP contribution is 2.29. The zero-order chi connectivity index (χ0) is 13.1. The summed E-state index contributed by atoms with van der Waals surface area (Å²) >= 11 is 3.21. The van der Waals surface area contributed by atoms with E-state index in [-0.39, 0.29) is 30.0 Å². The zero-order valence-corrected chi connectivity index (χ0v) is 11.0. The second-order valence-corrected chi connectivity index (χ2v) is 4.86. The number of hydrogen-bond donors (Lipinski definition) is 1. The number of nitrogens with one attached hydrogen (secondary N) is 1. The van der Waals surface area contributed by atoms with Gasteiger partial charge in [0.2, 0.25) is 0 Å². The molecule has 1 amide bonds. The van der Waals surface area contributed by atoms with E-state index in [1.165, 1.54) is 18.2 Å². The normalized spacial score (nSPS) is 14.1. The Hall–Kier alpha value is -1.63. The monoisotopic (exact) mass is 314 g/mol. The number of amides is 1. The third kappa shape index (κ3) is 3.43. The summed E-state index contributed by atoms with van der Waals surface area (Å²) in [5.41, 5.74) is -0.0733. The quantitative estimate of drug-likeness (QED) is 0.666. The Balaban J connectivity index is 1.96. The van der Waals surface area contributed by atoms with Crippen LogP contribution in [0.3, 0.4) is 0 Å². The summed E-state index contributed by atoms with van der Waals surface area (Å²) in [5, 5.41) is 13.4. The molecule has 1 saturated carbocycles. The standard InChI is InChI=1S/C11H11BrN2O4/c12-9-4-3-8(14(16)17)5-10(9)18-6-11(15)13-7-1-2-7/h3-5,7H,1-2,6H2,(H,13,15). The van der Waals surface area contributed by atoms with Gasteiger partial charge in [0, 0.05) is 12.1 Å². The van der Waals surface area contributed by atoms with E-state index in [1.807, 2.05) is 0 Å². The maximum atomic E-state index is 11.4. The lowest BCUT2D eigenvalue weighted by Crippen LogP contribution is -2.30. The van der Waals surface area contributed by atoms with Gasteiger partial charge in [-0.3, -0.25) is 14.9 Å². The molecule has 0 spiro atoms. The fraction of sp³-hybridized carbons (Fsp3) is 0.364. The van der Waals surface area contributed by atoms with Crippen LogP contribution in [0.5, 0.6) is 5.75 Å². The van der Waals surface area contributed by atoms with Gasteiger partial charge >= 0.3 is 0 Å². The molecule has 0 heterocycles. The highest BCUT2D eigenvalue weighted by molar-refractivity contribution is 9.10. The summed E-state index contributed by atoms with van der Waals surface area (Å²) in [6.07, 6.45) is 2.01. The van der Waals surface area contributed by atoms with Crippen molar-refractivity contribution in [2.45, 2.75) is 18.9 Å². The molecule has 1 aliphatic rings. The summed E-state index contributed by atoms with van der Waals surface area (Å²) in [7, 11) is 0. The third-order valence-electron chi connectivity index (χ3n) is 2.43. The van der Waals surface area contributed by atoms with Crippen LogP contribution in [0, 0.1) is 10.1 Å². The fourth-order valence-corrected chi connectivity index (χ4v) is 1.72. The van der Waals surface area contributed by atoms with E-state index in [0.717, 1.165) is 12.8 Å². The average molecular weight is 315 g/mol. The maximum Gasteiger partial charge on any atom is 0.273 e. The first kappa shape index (κ1) is 12.8. The lowest BCUT2D eigenvalue weighted by molar-refractivity contribution is -0.385. The first-order valence-corrected chi connectivity index (χ1v) is 6.21. The van der Waals surface area contributed by atoms with Crippen LogP contribution in [0.2, 0.25) is 0 Å². The molecule has 18 heavy (non-hydrogen) atoms. The van der Waals surface area contributed by atoms with Crippen LogP contribution in [0.1, 0.15) is 12.8 Å².